The zero-order valence-electron chi connectivity index (χ0n) is 8.50. The molecule has 1 rings (SSSR count). The van der Waals surface area contributed by atoms with E-state index in [1.54, 1.807) is 0 Å². The molecule has 1 aliphatic heterocycles. The number of halogens is 1. The predicted molar refractivity (Wildman–Crippen MR) is 51.0 cm³/mol. The third kappa shape index (κ3) is 5.93. The second kappa shape index (κ2) is 9.85. The smallest absolute Gasteiger partial charge is 0.130 e. The van der Waals surface area contributed by atoms with Gasteiger partial charge < -0.3 is 15.9 Å². The fourth-order valence-corrected chi connectivity index (χ4v) is 0.990. The lowest BCUT2D eigenvalue weighted by molar-refractivity contribution is 0.248. The highest BCUT2D eigenvalue weighted by atomic mass is 19.1. The van der Waals surface area contributed by atoms with Gasteiger partial charge >= 0.3 is 0 Å². The number of alkyl halides is 1. The molecule has 5 N–H and O–H groups in total. The van der Waals surface area contributed by atoms with Crippen molar-refractivity contribution in [3.05, 3.63) is 0 Å². The Balaban J connectivity index is 0. The molecule has 1 saturated heterocycles. The second-order valence-electron chi connectivity index (χ2n) is 2.32. The van der Waals surface area contributed by atoms with Crippen LogP contribution in [0.1, 0.15) is 20.3 Å². The molecule has 0 saturated carbocycles. The Labute approximate surface area is 78.9 Å². The molecule has 0 amide bonds. The monoisotopic (exact) mass is 196 g/mol. The van der Waals surface area contributed by atoms with Crippen LogP contribution in [0.5, 0.6) is 0 Å². The van der Waals surface area contributed by atoms with Crippen molar-refractivity contribution in [1.29, 1.82) is 0 Å². The highest BCUT2D eigenvalue weighted by Crippen LogP contribution is 2.12. The third-order valence-corrected chi connectivity index (χ3v) is 1.55. The summed E-state index contributed by atoms with van der Waals surface area (Å²) in [4.78, 5) is 0. The molecular formula is C8H21FN2O2. The van der Waals surface area contributed by atoms with Gasteiger partial charge in [-0.05, 0) is 6.42 Å². The fraction of sp³-hybridized carbons (Fsp3) is 1.00. The molecule has 0 aromatic heterocycles. The number of rotatable bonds is 1. The summed E-state index contributed by atoms with van der Waals surface area (Å²) in [7, 11) is 1.00. The van der Waals surface area contributed by atoms with E-state index in [1.807, 2.05) is 13.8 Å². The molecule has 0 radical (unpaired) electrons. The summed E-state index contributed by atoms with van der Waals surface area (Å²) in [6.45, 7) is 3.97. The lowest BCUT2D eigenvalue weighted by atomic mass is 10.2. The number of hydrogen-bond donors (Lipinski definition) is 4. The Morgan fingerprint density at radius 1 is 1.46 bits per heavy atom. The Hall–Kier alpha value is -0.230. The number of nitrogens with one attached hydrogen (secondary N) is 1. The van der Waals surface area contributed by atoms with Crippen LogP contribution in [0.4, 0.5) is 4.39 Å². The zero-order valence-corrected chi connectivity index (χ0v) is 8.50. The first-order chi connectivity index (χ1) is 6.24. The van der Waals surface area contributed by atoms with Gasteiger partial charge in [-0.3, -0.25) is 5.32 Å². The van der Waals surface area contributed by atoms with Gasteiger partial charge in [0, 0.05) is 13.2 Å². The van der Waals surface area contributed by atoms with E-state index >= 15 is 0 Å². The van der Waals surface area contributed by atoms with Gasteiger partial charge in [-0.1, -0.05) is 13.8 Å². The maximum absolute atomic E-state index is 12.5. The second-order valence-corrected chi connectivity index (χ2v) is 2.32. The number of nitrogens with two attached hydrogens (primary N) is 1. The quantitative estimate of drug-likeness (QED) is 0.460. The van der Waals surface area contributed by atoms with E-state index in [9.17, 15) is 4.39 Å². The van der Waals surface area contributed by atoms with Crippen molar-refractivity contribution in [1.82, 2.24) is 5.32 Å². The van der Waals surface area contributed by atoms with Crippen molar-refractivity contribution >= 4 is 0 Å². The standard InChI is InChI=1S/C5H11FN2O.C2H6.CH4O/c6-4-1-3(2-9)8-5(4)7;2*1-2/h3-5,8-9H,1-2,7H2;1-2H3;2H,1H3. The molecule has 3 unspecified atom stereocenters. The first-order valence-corrected chi connectivity index (χ1v) is 4.45. The van der Waals surface area contributed by atoms with Crippen molar-refractivity contribution < 1.29 is 14.6 Å². The maximum Gasteiger partial charge on any atom is 0.130 e. The van der Waals surface area contributed by atoms with Gasteiger partial charge in [-0.2, -0.15) is 0 Å². The van der Waals surface area contributed by atoms with E-state index in [0.29, 0.717) is 6.42 Å². The average molecular weight is 196 g/mol. The topological polar surface area (TPSA) is 78.5 Å². The Morgan fingerprint density at radius 3 is 2.08 bits per heavy atom. The van der Waals surface area contributed by atoms with Crippen molar-refractivity contribution in [2.75, 3.05) is 13.7 Å². The first kappa shape index (κ1) is 15.3. The van der Waals surface area contributed by atoms with Crippen LogP contribution < -0.4 is 11.1 Å². The third-order valence-electron chi connectivity index (χ3n) is 1.55. The average Bonchev–Trinajstić information content (AvgIpc) is 2.53. The van der Waals surface area contributed by atoms with Crippen LogP contribution in [0.15, 0.2) is 0 Å². The van der Waals surface area contributed by atoms with Gasteiger partial charge in [-0.25, -0.2) is 4.39 Å². The van der Waals surface area contributed by atoms with Crippen LogP contribution in [0.25, 0.3) is 0 Å². The predicted octanol–water partition coefficient (Wildman–Crippen LogP) is -0.402. The van der Waals surface area contributed by atoms with Crippen LogP contribution in [-0.4, -0.2) is 42.3 Å². The Bertz CT molecular complexity index is 96.1. The van der Waals surface area contributed by atoms with Gasteiger partial charge in [0.15, 0.2) is 0 Å². The molecule has 1 fully saturated rings. The van der Waals surface area contributed by atoms with Gasteiger partial charge in [0.2, 0.25) is 0 Å². The summed E-state index contributed by atoms with van der Waals surface area (Å²) >= 11 is 0. The normalized spacial score (nSPS) is 31.2. The van der Waals surface area contributed by atoms with Crippen molar-refractivity contribution in [2.45, 2.75) is 38.6 Å². The van der Waals surface area contributed by atoms with Crippen LogP contribution in [0.2, 0.25) is 0 Å². The Kier molecular flexibility index (Phi) is 11.6. The summed E-state index contributed by atoms with van der Waals surface area (Å²) in [5.41, 5.74) is 5.25. The van der Waals surface area contributed by atoms with Gasteiger partial charge in [0.25, 0.3) is 0 Å². The summed E-state index contributed by atoms with van der Waals surface area (Å²) in [6, 6.07) is -0.144. The number of hydrogen-bond acceptors (Lipinski definition) is 4. The summed E-state index contributed by atoms with van der Waals surface area (Å²) in [6.07, 6.45) is -1.25. The lowest BCUT2D eigenvalue weighted by Crippen LogP contribution is -2.40. The highest BCUT2D eigenvalue weighted by molar-refractivity contribution is 4.86. The number of aliphatic hydroxyl groups is 2. The molecule has 0 aromatic carbocycles. The Morgan fingerprint density at radius 2 is 1.92 bits per heavy atom. The number of aliphatic hydroxyl groups excluding tert-OH is 2. The van der Waals surface area contributed by atoms with E-state index in [2.05, 4.69) is 5.32 Å². The van der Waals surface area contributed by atoms with Crippen molar-refractivity contribution in [3.8, 4) is 0 Å². The minimum Gasteiger partial charge on any atom is -0.400 e. The molecule has 1 heterocycles. The van der Waals surface area contributed by atoms with Crippen LogP contribution in [-0.2, 0) is 0 Å². The summed E-state index contributed by atoms with van der Waals surface area (Å²) in [5.74, 6) is 0. The lowest BCUT2D eigenvalue weighted by Gasteiger charge is -2.05. The van der Waals surface area contributed by atoms with Gasteiger partial charge in [0.1, 0.15) is 6.17 Å². The molecule has 0 spiro atoms. The van der Waals surface area contributed by atoms with E-state index in [-0.39, 0.29) is 12.6 Å². The summed E-state index contributed by atoms with van der Waals surface area (Å²) < 4.78 is 12.5. The minimum absolute atomic E-state index is 0.0336. The molecule has 0 aliphatic carbocycles. The van der Waals surface area contributed by atoms with Crippen molar-refractivity contribution in [2.24, 2.45) is 5.73 Å². The SMILES string of the molecule is CC.CO.NC1NC(CO)CC1F. The van der Waals surface area contributed by atoms with E-state index < -0.39 is 12.3 Å². The fourth-order valence-electron chi connectivity index (χ4n) is 0.990. The molecule has 4 nitrogen and oxygen atoms in total. The van der Waals surface area contributed by atoms with Crippen LogP contribution >= 0.6 is 0 Å². The largest absolute Gasteiger partial charge is 0.400 e. The summed E-state index contributed by atoms with van der Waals surface area (Å²) in [5, 5.41) is 18.2. The molecule has 3 atom stereocenters. The van der Waals surface area contributed by atoms with E-state index in [0.717, 1.165) is 7.11 Å². The molecule has 0 aromatic rings. The molecular weight excluding hydrogens is 175 g/mol. The highest BCUT2D eigenvalue weighted by Gasteiger charge is 2.29. The molecule has 13 heavy (non-hydrogen) atoms. The molecule has 1 aliphatic rings. The molecule has 5 heteroatoms. The van der Waals surface area contributed by atoms with Gasteiger partial charge in [-0.15, -0.1) is 0 Å². The van der Waals surface area contributed by atoms with Crippen molar-refractivity contribution in [3.63, 3.8) is 0 Å². The van der Waals surface area contributed by atoms with Gasteiger partial charge in [0.05, 0.1) is 12.8 Å². The van der Waals surface area contributed by atoms with Crippen LogP contribution in [0, 0.1) is 0 Å². The maximum atomic E-state index is 12.5. The minimum atomic E-state index is -0.998. The van der Waals surface area contributed by atoms with Crippen LogP contribution in [0.3, 0.4) is 0 Å². The molecule has 0 bridgehead atoms. The first-order valence-electron chi connectivity index (χ1n) is 4.45. The van der Waals surface area contributed by atoms with E-state index in [4.69, 9.17) is 15.9 Å². The molecule has 82 valence electrons. The van der Waals surface area contributed by atoms with E-state index in [1.165, 1.54) is 0 Å². The zero-order chi connectivity index (χ0) is 10.9.